The maximum absolute atomic E-state index is 12.5. The van der Waals surface area contributed by atoms with Gasteiger partial charge in [0.2, 0.25) is 6.41 Å². The van der Waals surface area contributed by atoms with Gasteiger partial charge in [-0.05, 0) is 31.2 Å². The number of aromatic nitrogens is 2. The lowest BCUT2D eigenvalue weighted by Crippen LogP contribution is -2.46. The highest BCUT2D eigenvalue weighted by molar-refractivity contribution is 6.03. The molecule has 0 saturated carbocycles. The molecule has 1 saturated heterocycles. The van der Waals surface area contributed by atoms with Crippen molar-refractivity contribution in [3.05, 3.63) is 41.9 Å². The molecule has 2 amide bonds. The number of hydrogen-bond donors (Lipinski definition) is 1. The van der Waals surface area contributed by atoms with Crippen molar-refractivity contribution in [1.29, 1.82) is 0 Å². The molecule has 0 bridgehead atoms. The molecule has 1 aromatic carbocycles. The quantitative estimate of drug-likeness (QED) is 0.814. The van der Waals surface area contributed by atoms with Gasteiger partial charge in [-0.1, -0.05) is 0 Å². The fourth-order valence-electron chi connectivity index (χ4n) is 2.76. The van der Waals surface area contributed by atoms with Crippen LogP contribution < -0.4 is 15.0 Å². The van der Waals surface area contributed by atoms with Crippen molar-refractivity contribution in [2.45, 2.75) is 6.92 Å². The smallest absolute Gasteiger partial charge is 0.274 e. The number of benzene rings is 1. The molecule has 8 heteroatoms. The molecule has 0 atom stereocenters. The average Bonchev–Trinajstić information content (AvgIpc) is 2.68. The molecule has 0 spiro atoms. The minimum Gasteiger partial charge on any atom is -0.497 e. The number of aryl methyl sites for hydroxylation is 1. The Morgan fingerprint density at radius 2 is 1.85 bits per heavy atom. The van der Waals surface area contributed by atoms with E-state index in [0.29, 0.717) is 49.2 Å². The standard InChI is InChI=1S/C18H21N5O3/c1-13-19-16(18(25)21-14-3-5-15(26-2)6-4-14)11-17(20-13)23-9-7-22(12-24)8-10-23/h3-6,11-12H,7-10H2,1-2H3,(H,21,25). The molecule has 136 valence electrons. The Morgan fingerprint density at radius 1 is 1.15 bits per heavy atom. The van der Waals surface area contributed by atoms with Crippen molar-refractivity contribution in [3.8, 4) is 5.75 Å². The first-order chi connectivity index (χ1) is 12.6. The van der Waals surface area contributed by atoms with E-state index in [4.69, 9.17) is 4.74 Å². The van der Waals surface area contributed by atoms with Crippen LogP contribution >= 0.6 is 0 Å². The minimum absolute atomic E-state index is 0.298. The van der Waals surface area contributed by atoms with E-state index in [-0.39, 0.29) is 5.91 Å². The summed E-state index contributed by atoms with van der Waals surface area (Å²) < 4.78 is 5.11. The number of ether oxygens (including phenoxy) is 1. The van der Waals surface area contributed by atoms with Crippen molar-refractivity contribution < 1.29 is 14.3 Å². The predicted octanol–water partition coefficient (Wildman–Crippen LogP) is 1.32. The summed E-state index contributed by atoms with van der Waals surface area (Å²) in [6, 6.07) is 8.77. The molecule has 0 unspecified atom stereocenters. The van der Waals surface area contributed by atoms with Gasteiger partial charge in [-0.25, -0.2) is 9.97 Å². The molecule has 1 fully saturated rings. The van der Waals surface area contributed by atoms with Crippen LogP contribution in [0, 0.1) is 6.92 Å². The maximum atomic E-state index is 12.5. The molecular formula is C18H21N5O3. The van der Waals surface area contributed by atoms with E-state index < -0.39 is 0 Å². The lowest BCUT2D eigenvalue weighted by Gasteiger charge is -2.33. The van der Waals surface area contributed by atoms with Crippen LogP contribution in [0.15, 0.2) is 30.3 Å². The van der Waals surface area contributed by atoms with Crippen LogP contribution in [0.3, 0.4) is 0 Å². The summed E-state index contributed by atoms with van der Waals surface area (Å²) in [7, 11) is 1.59. The number of methoxy groups -OCH3 is 1. The Hall–Kier alpha value is -3.16. The molecule has 26 heavy (non-hydrogen) atoms. The predicted molar refractivity (Wildman–Crippen MR) is 97.6 cm³/mol. The molecule has 2 heterocycles. The largest absolute Gasteiger partial charge is 0.497 e. The summed E-state index contributed by atoms with van der Waals surface area (Å²) in [5.74, 6) is 1.65. The molecular weight excluding hydrogens is 334 g/mol. The third-order valence-electron chi connectivity index (χ3n) is 4.19. The van der Waals surface area contributed by atoms with Gasteiger partial charge in [0, 0.05) is 37.9 Å². The van der Waals surface area contributed by atoms with Gasteiger partial charge < -0.3 is 19.9 Å². The zero-order valence-corrected chi connectivity index (χ0v) is 14.8. The van der Waals surface area contributed by atoms with E-state index in [2.05, 4.69) is 20.2 Å². The second-order valence-corrected chi connectivity index (χ2v) is 5.97. The molecule has 1 aromatic heterocycles. The van der Waals surface area contributed by atoms with Crippen molar-refractivity contribution >= 4 is 23.8 Å². The maximum Gasteiger partial charge on any atom is 0.274 e. The summed E-state index contributed by atoms with van der Waals surface area (Å²) in [4.78, 5) is 35.8. The van der Waals surface area contributed by atoms with Crippen molar-refractivity contribution in [2.75, 3.05) is 43.5 Å². The number of carbonyl (C=O) groups is 2. The van der Waals surface area contributed by atoms with Crippen LogP contribution in [-0.2, 0) is 4.79 Å². The summed E-state index contributed by atoms with van der Waals surface area (Å²) in [6.07, 6.45) is 0.857. The van der Waals surface area contributed by atoms with E-state index in [1.165, 1.54) is 0 Å². The van der Waals surface area contributed by atoms with E-state index in [1.807, 2.05) is 0 Å². The molecule has 0 aliphatic carbocycles. The van der Waals surface area contributed by atoms with Crippen LogP contribution in [0.4, 0.5) is 11.5 Å². The Balaban J connectivity index is 1.74. The van der Waals surface area contributed by atoms with Gasteiger partial charge in [-0.3, -0.25) is 9.59 Å². The number of hydrogen-bond acceptors (Lipinski definition) is 6. The van der Waals surface area contributed by atoms with Crippen LogP contribution in [0.25, 0.3) is 0 Å². The third-order valence-corrected chi connectivity index (χ3v) is 4.19. The number of piperazine rings is 1. The van der Waals surface area contributed by atoms with Gasteiger partial charge in [0.15, 0.2) is 0 Å². The highest BCUT2D eigenvalue weighted by Gasteiger charge is 2.19. The van der Waals surface area contributed by atoms with Gasteiger partial charge in [-0.2, -0.15) is 0 Å². The van der Waals surface area contributed by atoms with E-state index in [0.717, 1.165) is 12.2 Å². The number of nitrogens with zero attached hydrogens (tertiary/aromatic N) is 4. The van der Waals surface area contributed by atoms with Gasteiger partial charge >= 0.3 is 0 Å². The zero-order valence-electron chi connectivity index (χ0n) is 14.8. The van der Waals surface area contributed by atoms with Gasteiger partial charge in [-0.15, -0.1) is 0 Å². The average molecular weight is 355 g/mol. The molecule has 3 rings (SSSR count). The second kappa shape index (κ2) is 7.81. The van der Waals surface area contributed by atoms with Gasteiger partial charge in [0.25, 0.3) is 5.91 Å². The van der Waals surface area contributed by atoms with Crippen molar-refractivity contribution in [1.82, 2.24) is 14.9 Å². The number of anilines is 2. The van der Waals surface area contributed by atoms with Crippen molar-refractivity contribution in [3.63, 3.8) is 0 Å². The summed E-state index contributed by atoms with van der Waals surface area (Å²) >= 11 is 0. The summed E-state index contributed by atoms with van der Waals surface area (Å²) in [5.41, 5.74) is 0.967. The lowest BCUT2D eigenvalue weighted by atomic mass is 10.2. The van der Waals surface area contributed by atoms with Gasteiger partial charge in [0.1, 0.15) is 23.1 Å². The fourth-order valence-corrected chi connectivity index (χ4v) is 2.76. The molecule has 2 aromatic rings. The highest BCUT2D eigenvalue weighted by atomic mass is 16.5. The second-order valence-electron chi connectivity index (χ2n) is 5.97. The normalized spacial score (nSPS) is 14.1. The Labute approximate surface area is 151 Å². The minimum atomic E-state index is -0.298. The number of amides is 2. The Morgan fingerprint density at radius 3 is 2.46 bits per heavy atom. The third kappa shape index (κ3) is 4.08. The van der Waals surface area contributed by atoms with Crippen LogP contribution in [0.5, 0.6) is 5.75 Å². The van der Waals surface area contributed by atoms with Crippen molar-refractivity contribution in [2.24, 2.45) is 0 Å². The van der Waals surface area contributed by atoms with Crippen LogP contribution in [0.2, 0.25) is 0 Å². The number of nitrogens with one attached hydrogen (secondary N) is 1. The number of rotatable bonds is 5. The summed E-state index contributed by atoms with van der Waals surface area (Å²) in [6.45, 7) is 4.39. The zero-order chi connectivity index (χ0) is 18.5. The molecule has 1 aliphatic heterocycles. The Bertz CT molecular complexity index is 786. The summed E-state index contributed by atoms with van der Waals surface area (Å²) in [5, 5.41) is 2.83. The van der Waals surface area contributed by atoms with E-state index >= 15 is 0 Å². The Kier molecular flexibility index (Phi) is 5.31. The first kappa shape index (κ1) is 17.7. The van der Waals surface area contributed by atoms with Crippen LogP contribution in [0.1, 0.15) is 16.3 Å². The highest BCUT2D eigenvalue weighted by Crippen LogP contribution is 2.18. The first-order valence-corrected chi connectivity index (χ1v) is 8.34. The SMILES string of the molecule is COc1ccc(NC(=O)c2cc(N3CCN(C=O)CC3)nc(C)n2)cc1. The molecule has 1 N–H and O–H groups in total. The molecule has 0 radical (unpaired) electrons. The lowest BCUT2D eigenvalue weighted by molar-refractivity contribution is -0.118. The molecule has 1 aliphatic rings. The topological polar surface area (TPSA) is 87.7 Å². The molecule has 8 nitrogen and oxygen atoms in total. The first-order valence-electron chi connectivity index (χ1n) is 8.34. The van der Waals surface area contributed by atoms with Crippen LogP contribution in [-0.4, -0.2) is 60.5 Å². The number of carbonyl (C=O) groups excluding carboxylic acids is 2. The van der Waals surface area contributed by atoms with E-state index in [1.54, 1.807) is 49.3 Å². The monoisotopic (exact) mass is 355 g/mol. The van der Waals surface area contributed by atoms with E-state index in [9.17, 15) is 9.59 Å². The van der Waals surface area contributed by atoms with Gasteiger partial charge in [0.05, 0.1) is 7.11 Å². The fraction of sp³-hybridized carbons (Fsp3) is 0.333.